The lowest BCUT2D eigenvalue weighted by molar-refractivity contribution is 0.690. The molecule has 0 fully saturated rings. The number of aromatic nitrogens is 3. The van der Waals surface area contributed by atoms with Crippen LogP contribution in [0.4, 0.5) is 5.82 Å². The molecule has 146 valence electrons. The van der Waals surface area contributed by atoms with Crippen LogP contribution in [0.5, 0.6) is 0 Å². The molecule has 0 saturated heterocycles. The number of aryl methyl sites for hydroxylation is 1. The van der Waals surface area contributed by atoms with Crippen LogP contribution in [0.3, 0.4) is 0 Å². The Hall–Kier alpha value is -3.08. The van der Waals surface area contributed by atoms with Crippen molar-refractivity contribution in [3.63, 3.8) is 0 Å². The number of benzene rings is 2. The molecule has 0 spiro atoms. The number of isothiocyanates is 1. The van der Waals surface area contributed by atoms with E-state index in [9.17, 15) is 0 Å². The normalized spacial score (nSPS) is 11.1. The van der Waals surface area contributed by atoms with Gasteiger partial charge in [-0.3, -0.25) is 0 Å². The largest absolute Gasteiger partial charge is 0.382 e. The van der Waals surface area contributed by atoms with Crippen LogP contribution in [0.15, 0.2) is 53.5 Å². The number of nitrogens with two attached hydrogens (primary N) is 1. The quantitative estimate of drug-likeness (QED) is 0.343. The molecule has 0 unspecified atom stereocenters. The maximum atomic E-state index is 6.28. The molecular weight excluding hydrogens is 378 g/mol. The van der Waals surface area contributed by atoms with Crippen LogP contribution in [-0.4, -0.2) is 19.7 Å². The average molecular weight is 402 g/mol. The number of fused-ring (bicyclic) bond motifs is 3. The summed E-state index contributed by atoms with van der Waals surface area (Å²) in [6.45, 7) is 3.49. The number of imidazole rings is 1. The Morgan fingerprint density at radius 2 is 1.83 bits per heavy atom. The molecule has 2 N–H and O–H groups in total. The fraction of sp³-hybridized carbons (Fsp3) is 0.261. The van der Waals surface area contributed by atoms with Crippen LogP contribution in [0.2, 0.25) is 0 Å². The van der Waals surface area contributed by atoms with Crippen LogP contribution >= 0.6 is 12.2 Å². The van der Waals surface area contributed by atoms with Gasteiger partial charge in [-0.25, -0.2) is 15.0 Å². The van der Waals surface area contributed by atoms with Gasteiger partial charge in [0.05, 0.1) is 22.7 Å². The zero-order chi connectivity index (χ0) is 20.2. The number of unbranched alkanes of at least 4 members (excludes halogenated alkanes) is 1. The molecule has 0 amide bonds. The Morgan fingerprint density at radius 1 is 1.07 bits per heavy atom. The average Bonchev–Trinajstić information content (AvgIpc) is 3.11. The number of hydrogen-bond acceptors (Lipinski definition) is 5. The van der Waals surface area contributed by atoms with Gasteiger partial charge in [-0.15, -0.1) is 0 Å². The van der Waals surface area contributed by atoms with Gasteiger partial charge in [0.1, 0.15) is 11.3 Å². The summed E-state index contributed by atoms with van der Waals surface area (Å²) in [5, 5.41) is 3.50. The van der Waals surface area contributed by atoms with Gasteiger partial charge in [-0.05, 0) is 35.8 Å². The van der Waals surface area contributed by atoms with E-state index in [2.05, 4.69) is 69.2 Å². The van der Waals surface area contributed by atoms with E-state index >= 15 is 0 Å². The molecule has 0 saturated carbocycles. The third kappa shape index (κ3) is 3.90. The van der Waals surface area contributed by atoms with E-state index in [1.807, 2.05) is 18.2 Å². The van der Waals surface area contributed by atoms with Crippen molar-refractivity contribution >= 4 is 45.1 Å². The van der Waals surface area contributed by atoms with Crippen molar-refractivity contribution in [3.05, 3.63) is 65.5 Å². The minimum atomic E-state index is 0.489. The summed E-state index contributed by atoms with van der Waals surface area (Å²) in [7, 11) is 0. The molecule has 5 nitrogen and oxygen atoms in total. The number of nitrogens with zero attached hydrogens (tertiary/aromatic N) is 4. The topological polar surface area (TPSA) is 69.1 Å². The Labute approximate surface area is 175 Å². The van der Waals surface area contributed by atoms with E-state index in [0.29, 0.717) is 12.4 Å². The molecule has 6 heteroatoms. The number of para-hydroxylation sites is 1. The predicted octanol–water partition coefficient (Wildman–Crippen LogP) is 5.16. The highest BCUT2D eigenvalue weighted by Crippen LogP contribution is 2.30. The van der Waals surface area contributed by atoms with Crippen LogP contribution < -0.4 is 5.73 Å². The van der Waals surface area contributed by atoms with Crippen molar-refractivity contribution in [2.75, 3.05) is 5.73 Å². The number of hydrogen-bond donors (Lipinski definition) is 1. The second kappa shape index (κ2) is 8.52. The SMILES string of the molecule is CCCCc1nc2c(N)nc3ccccc3c2n1Cc1ccc(CN=C=S)cc1. The summed E-state index contributed by atoms with van der Waals surface area (Å²) in [6, 6.07) is 16.6. The lowest BCUT2D eigenvalue weighted by Crippen LogP contribution is -2.06. The fourth-order valence-electron chi connectivity index (χ4n) is 3.66. The minimum absolute atomic E-state index is 0.489. The standard InChI is InChI=1S/C23H23N5S/c1-2-3-8-20-27-21-22(18-6-4-5-7-19(18)26-23(21)24)28(20)14-17-11-9-16(10-12-17)13-25-15-29/h4-7,9-12H,2-3,8,13-14H2,1H3,(H2,24,26). The first-order valence-electron chi connectivity index (χ1n) is 9.86. The molecule has 0 atom stereocenters. The highest BCUT2D eigenvalue weighted by Gasteiger charge is 2.17. The number of nitrogen functional groups attached to an aromatic ring is 1. The van der Waals surface area contributed by atoms with Crippen LogP contribution in [0.1, 0.15) is 36.7 Å². The van der Waals surface area contributed by atoms with E-state index in [-0.39, 0.29) is 0 Å². The van der Waals surface area contributed by atoms with Crippen molar-refractivity contribution in [2.45, 2.75) is 39.3 Å². The molecule has 0 aliphatic carbocycles. The highest BCUT2D eigenvalue weighted by molar-refractivity contribution is 7.78. The van der Waals surface area contributed by atoms with Crippen LogP contribution in [0.25, 0.3) is 21.9 Å². The highest BCUT2D eigenvalue weighted by atomic mass is 32.1. The van der Waals surface area contributed by atoms with E-state index in [1.54, 1.807) is 0 Å². The molecule has 2 aromatic carbocycles. The Morgan fingerprint density at radius 3 is 2.59 bits per heavy atom. The molecule has 0 aliphatic heterocycles. The van der Waals surface area contributed by atoms with Gasteiger partial charge in [-0.2, -0.15) is 0 Å². The fourth-order valence-corrected chi connectivity index (χ4v) is 3.72. The summed E-state index contributed by atoms with van der Waals surface area (Å²) in [4.78, 5) is 13.5. The van der Waals surface area contributed by atoms with Crippen molar-refractivity contribution in [2.24, 2.45) is 4.99 Å². The third-order valence-corrected chi connectivity index (χ3v) is 5.26. The zero-order valence-electron chi connectivity index (χ0n) is 16.4. The van der Waals surface area contributed by atoms with Crippen molar-refractivity contribution in [1.29, 1.82) is 0 Å². The first-order chi connectivity index (χ1) is 14.2. The monoisotopic (exact) mass is 401 g/mol. The van der Waals surface area contributed by atoms with E-state index in [0.717, 1.165) is 59.1 Å². The summed E-state index contributed by atoms with van der Waals surface area (Å²) >= 11 is 4.65. The van der Waals surface area contributed by atoms with Crippen molar-refractivity contribution in [1.82, 2.24) is 14.5 Å². The van der Waals surface area contributed by atoms with Gasteiger partial charge in [0.2, 0.25) is 0 Å². The molecule has 0 aliphatic rings. The Bertz CT molecular complexity index is 1200. The van der Waals surface area contributed by atoms with Gasteiger partial charge >= 0.3 is 0 Å². The second-order valence-corrected chi connectivity index (χ2v) is 7.34. The molecule has 4 rings (SSSR count). The maximum Gasteiger partial charge on any atom is 0.152 e. The van der Waals surface area contributed by atoms with Crippen molar-refractivity contribution < 1.29 is 0 Å². The number of thiocarbonyl (C=S) groups is 1. The van der Waals surface area contributed by atoms with Crippen LogP contribution in [-0.2, 0) is 19.5 Å². The van der Waals surface area contributed by atoms with Gasteiger partial charge < -0.3 is 10.3 Å². The molecule has 0 radical (unpaired) electrons. The van der Waals surface area contributed by atoms with Gasteiger partial charge in [0.25, 0.3) is 0 Å². The first kappa shape index (κ1) is 19.2. The Kier molecular flexibility index (Phi) is 5.65. The molecule has 0 bridgehead atoms. The smallest absolute Gasteiger partial charge is 0.152 e. The van der Waals surface area contributed by atoms with Crippen LogP contribution in [0, 0.1) is 0 Å². The van der Waals surface area contributed by atoms with Gasteiger partial charge in [0.15, 0.2) is 5.82 Å². The lowest BCUT2D eigenvalue weighted by atomic mass is 10.1. The van der Waals surface area contributed by atoms with E-state index in [1.165, 1.54) is 5.56 Å². The van der Waals surface area contributed by atoms with E-state index in [4.69, 9.17) is 10.7 Å². The molecule has 2 aromatic heterocycles. The zero-order valence-corrected chi connectivity index (χ0v) is 17.2. The molecule has 29 heavy (non-hydrogen) atoms. The van der Waals surface area contributed by atoms with E-state index < -0.39 is 0 Å². The molecular formula is C23H23N5S. The van der Waals surface area contributed by atoms with Gasteiger partial charge in [0, 0.05) is 18.4 Å². The number of pyridine rings is 1. The summed E-state index contributed by atoms with van der Waals surface area (Å²) < 4.78 is 2.30. The third-order valence-electron chi connectivity index (χ3n) is 5.13. The number of anilines is 1. The maximum absolute atomic E-state index is 6.28. The van der Waals surface area contributed by atoms with Crippen molar-refractivity contribution in [3.8, 4) is 0 Å². The number of rotatable bonds is 7. The summed E-state index contributed by atoms with van der Waals surface area (Å²) in [6.07, 6.45) is 3.12. The lowest BCUT2D eigenvalue weighted by Gasteiger charge is -2.11. The minimum Gasteiger partial charge on any atom is -0.382 e. The second-order valence-electron chi connectivity index (χ2n) is 7.15. The Balaban J connectivity index is 1.83. The number of aliphatic imine (C=N–C) groups is 1. The summed E-state index contributed by atoms with van der Waals surface area (Å²) in [5.41, 5.74) is 11.4. The van der Waals surface area contributed by atoms with Gasteiger partial charge in [-0.1, -0.05) is 55.8 Å². The first-order valence-corrected chi connectivity index (χ1v) is 10.3. The molecule has 2 heterocycles. The molecule has 4 aromatic rings. The summed E-state index contributed by atoms with van der Waals surface area (Å²) in [5.74, 6) is 1.55. The predicted molar refractivity (Wildman–Crippen MR) is 122 cm³/mol.